The van der Waals surface area contributed by atoms with Gasteiger partial charge in [0.1, 0.15) is 5.82 Å². The van der Waals surface area contributed by atoms with Crippen molar-refractivity contribution < 1.29 is 4.39 Å². The maximum Gasteiger partial charge on any atom is 0.189 e. The minimum atomic E-state index is -0.224. The van der Waals surface area contributed by atoms with Gasteiger partial charge < -0.3 is 11.1 Å². The predicted molar refractivity (Wildman–Crippen MR) is 71.8 cm³/mol. The van der Waals surface area contributed by atoms with Crippen LogP contribution in [0.3, 0.4) is 0 Å². The van der Waals surface area contributed by atoms with E-state index in [2.05, 4.69) is 10.3 Å². The molecule has 4 heteroatoms. The minimum absolute atomic E-state index is 0.0377. The second-order valence-corrected chi connectivity index (χ2v) is 4.87. The van der Waals surface area contributed by atoms with Crippen LogP contribution < -0.4 is 11.1 Å². The average Bonchev–Trinajstić information content (AvgIpc) is 2.82. The van der Waals surface area contributed by atoms with E-state index >= 15 is 0 Å². The van der Waals surface area contributed by atoms with Crippen molar-refractivity contribution in [3.8, 4) is 0 Å². The summed E-state index contributed by atoms with van der Waals surface area (Å²) in [5.41, 5.74) is 6.89. The van der Waals surface area contributed by atoms with E-state index in [9.17, 15) is 4.39 Å². The van der Waals surface area contributed by atoms with Crippen molar-refractivity contribution in [1.29, 1.82) is 0 Å². The van der Waals surface area contributed by atoms with Crippen molar-refractivity contribution in [2.45, 2.75) is 44.7 Å². The molecule has 18 heavy (non-hydrogen) atoms. The molecule has 0 radical (unpaired) electrons. The first kappa shape index (κ1) is 12.9. The monoisotopic (exact) mass is 249 g/mol. The number of hydrogen-bond acceptors (Lipinski definition) is 1. The lowest BCUT2D eigenvalue weighted by molar-refractivity contribution is 0.623. The van der Waals surface area contributed by atoms with Crippen molar-refractivity contribution in [3.63, 3.8) is 0 Å². The van der Waals surface area contributed by atoms with E-state index in [1.165, 1.54) is 25.0 Å². The molecule has 0 aliphatic heterocycles. The molecule has 3 N–H and O–H groups in total. The van der Waals surface area contributed by atoms with Crippen molar-refractivity contribution in [2.24, 2.45) is 10.7 Å². The van der Waals surface area contributed by atoms with Gasteiger partial charge in [0.2, 0.25) is 0 Å². The Balaban J connectivity index is 1.93. The Hall–Kier alpha value is -1.58. The summed E-state index contributed by atoms with van der Waals surface area (Å²) in [6.07, 6.45) is 4.75. The van der Waals surface area contributed by atoms with Crippen LogP contribution in [0.1, 0.15) is 44.2 Å². The third-order valence-corrected chi connectivity index (χ3v) is 3.38. The first-order valence-corrected chi connectivity index (χ1v) is 6.50. The van der Waals surface area contributed by atoms with E-state index in [0.29, 0.717) is 12.0 Å². The van der Waals surface area contributed by atoms with E-state index in [1.54, 1.807) is 12.1 Å². The highest BCUT2D eigenvalue weighted by atomic mass is 19.1. The van der Waals surface area contributed by atoms with E-state index in [4.69, 9.17) is 5.73 Å². The third-order valence-electron chi connectivity index (χ3n) is 3.38. The van der Waals surface area contributed by atoms with Crippen LogP contribution in [0.5, 0.6) is 0 Å². The van der Waals surface area contributed by atoms with Gasteiger partial charge in [-0.25, -0.2) is 4.39 Å². The fourth-order valence-electron chi connectivity index (χ4n) is 2.32. The Morgan fingerprint density at radius 3 is 2.56 bits per heavy atom. The van der Waals surface area contributed by atoms with Crippen LogP contribution in [-0.2, 0) is 0 Å². The van der Waals surface area contributed by atoms with Crippen LogP contribution >= 0.6 is 0 Å². The number of hydrogen-bond donors (Lipinski definition) is 2. The molecule has 1 fully saturated rings. The third kappa shape index (κ3) is 3.45. The molecule has 3 nitrogen and oxygen atoms in total. The van der Waals surface area contributed by atoms with E-state index in [0.717, 1.165) is 18.4 Å². The quantitative estimate of drug-likeness (QED) is 0.639. The van der Waals surface area contributed by atoms with Gasteiger partial charge in [-0.05, 0) is 37.5 Å². The van der Waals surface area contributed by atoms with Crippen LogP contribution in [0.15, 0.2) is 29.3 Å². The number of guanidine groups is 1. The molecule has 0 bridgehead atoms. The molecule has 0 heterocycles. The number of halogens is 1. The fourth-order valence-corrected chi connectivity index (χ4v) is 2.32. The second-order valence-electron chi connectivity index (χ2n) is 4.87. The van der Waals surface area contributed by atoms with E-state index in [1.807, 2.05) is 6.92 Å². The van der Waals surface area contributed by atoms with Crippen molar-refractivity contribution >= 4 is 5.96 Å². The Bertz CT molecular complexity index is 408. The molecule has 0 saturated heterocycles. The Morgan fingerprint density at radius 2 is 1.94 bits per heavy atom. The van der Waals surface area contributed by atoms with Crippen LogP contribution in [0.25, 0.3) is 0 Å². The maximum absolute atomic E-state index is 12.8. The highest BCUT2D eigenvalue weighted by Gasteiger charge is 2.14. The molecule has 1 aromatic carbocycles. The lowest BCUT2D eigenvalue weighted by Crippen LogP contribution is -2.34. The summed E-state index contributed by atoms with van der Waals surface area (Å²) in [6.45, 7) is 1.99. The van der Waals surface area contributed by atoms with Crippen LogP contribution in [0.4, 0.5) is 4.39 Å². The smallest absolute Gasteiger partial charge is 0.189 e. The fraction of sp³-hybridized carbons (Fsp3) is 0.500. The number of nitrogens with one attached hydrogen (secondary N) is 1. The van der Waals surface area contributed by atoms with Crippen molar-refractivity contribution in [2.75, 3.05) is 0 Å². The Kier molecular flexibility index (Phi) is 4.18. The lowest BCUT2D eigenvalue weighted by Gasteiger charge is -2.16. The molecule has 1 unspecified atom stereocenters. The lowest BCUT2D eigenvalue weighted by atomic mass is 10.1. The first-order chi connectivity index (χ1) is 8.65. The van der Waals surface area contributed by atoms with Gasteiger partial charge in [-0.15, -0.1) is 0 Å². The Morgan fingerprint density at radius 1 is 1.33 bits per heavy atom. The van der Waals surface area contributed by atoms with Gasteiger partial charge in [-0.1, -0.05) is 25.0 Å². The SMILES string of the molecule is CC(NC(N)=NC1CCCC1)c1ccc(F)cc1. The number of benzene rings is 1. The number of nitrogens with two attached hydrogens (primary N) is 1. The molecule has 0 spiro atoms. The number of rotatable bonds is 3. The van der Waals surface area contributed by atoms with Gasteiger partial charge in [-0.3, -0.25) is 4.99 Å². The zero-order chi connectivity index (χ0) is 13.0. The molecular weight excluding hydrogens is 229 g/mol. The highest BCUT2D eigenvalue weighted by molar-refractivity contribution is 5.78. The normalized spacial score (nSPS) is 18.9. The maximum atomic E-state index is 12.8. The summed E-state index contributed by atoms with van der Waals surface area (Å²) in [6, 6.07) is 6.84. The molecule has 0 amide bonds. The van der Waals surface area contributed by atoms with Crippen molar-refractivity contribution in [1.82, 2.24) is 5.32 Å². The number of aliphatic imine (C=N–C) groups is 1. The molecule has 1 saturated carbocycles. The molecule has 2 rings (SSSR count). The summed E-state index contributed by atoms with van der Waals surface area (Å²) in [5.74, 6) is 0.261. The standard InChI is InChI=1S/C14H20FN3/c1-10(11-6-8-12(15)9-7-11)17-14(16)18-13-4-2-3-5-13/h6-10,13H,2-5H2,1H3,(H3,16,17,18). The minimum Gasteiger partial charge on any atom is -0.370 e. The molecule has 1 aliphatic carbocycles. The zero-order valence-electron chi connectivity index (χ0n) is 10.7. The molecular formula is C14H20FN3. The molecule has 1 aromatic rings. The van der Waals surface area contributed by atoms with Crippen LogP contribution in [0, 0.1) is 5.82 Å². The molecule has 98 valence electrons. The van der Waals surface area contributed by atoms with Gasteiger partial charge >= 0.3 is 0 Å². The number of nitrogens with zero attached hydrogens (tertiary/aromatic N) is 1. The van der Waals surface area contributed by atoms with Gasteiger partial charge in [-0.2, -0.15) is 0 Å². The highest BCUT2D eigenvalue weighted by Crippen LogP contribution is 2.20. The summed E-state index contributed by atoms with van der Waals surface area (Å²) in [5, 5.41) is 3.15. The van der Waals surface area contributed by atoms with Gasteiger partial charge in [0.05, 0.1) is 12.1 Å². The van der Waals surface area contributed by atoms with Gasteiger partial charge in [0.15, 0.2) is 5.96 Å². The van der Waals surface area contributed by atoms with Gasteiger partial charge in [0, 0.05) is 0 Å². The largest absolute Gasteiger partial charge is 0.370 e. The van der Waals surface area contributed by atoms with E-state index in [-0.39, 0.29) is 11.9 Å². The van der Waals surface area contributed by atoms with Gasteiger partial charge in [0.25, 0.3) is 0 Å². The summed E-state index contributed by atoms with van der Waals surface area (Å²) in [4.78, 5) is 4.47. The first-order valence-electron chi connectivity index (χ1n) is 6.50. The topological polar surface area (TPSA) is 50.4 Å². The second kappa shape index (κ2) is 5.85. The molecule has 1 aliphatic rings. The van der Waals surface area contributed by atoms with Crippen LogP contribution in [0.2, 0.25) is 0 Å². The van der Waals surface area contributed by atoms with E-state index < -0.39 is 0 Å². The average molecular weight is 249 g/mol. The van der Waals surface area contributed by atoms with Crippen LogP contribution in [-0.4, -0.2) is 12.0 Å². The molecule has 1 atom stereocenters. The summed E-state index contributed by atoms with van der Waals surface area (Å²) < 4.78 is 12.8. The molecule has 0 aromatic heterocycles. The van der Waals surface area contributed by atoms with Crippen molar-refractivity contribution in [3.05, 3.63) is 35.6 Å². The Labute approximate surface area is 107 Å². The summed E-state index contributed by atoms with van der Waals surface area (Å²) in [7, 11) is 0. The zero-order valence-corrected chi connectivity index (χ0v) is 10.7. The summed E-state index contributed by atoms with van der Waals surface area (Å²) >= 11 is 0. The predicted octanol–water partition coefficient (Wildman–Crippen LogP) is 2.73.